The minimum absolute atomic E-state index is 0.177. The summed E-state index contributed by atoms with van der Waals surface area (Å²) < 4.78 is 12.7. The SMILES string of the molecule is COc1cc(OC)c2ccn(CC(=O)N3CCC(C)CC3)c2c1. The molecule has 5 heteroatoms. The molecule has 1 aromatic heterocycles. The molecule has 0 N–H and O–H groups in total. The van der Waals surface area contributed by atoms with Gasteiger partial charge in [-0.25, -0.2) is 0 Å². The largest absolute Gasteiger partial charge is 0.497 e. The minimum Gasteiger partial charge on any atom is -0.497 e. The summed E-state index contributed by atoms with van der Waals surface area (Å²) in [5.74, 6) is 2.39. The first-order chi connectivity index (χ1) is 11.1. The van der Waals surface area contributed by atoms with Crippen LogP contribution in [-0.2, 0) is 11.3 Å². The van der Waals surface area contributed by atoms with Crippen molar-refractivity contribution in [3.8, 4) is 11.5 Å². The summed E-state index contributed by atoms with van der Waals surface area (Å²) in [6.45, 7) is 4.34. The highest BCUT2D eigenvalue weighted by Crippen LogP contribution is 2.32. The van der Waals surface area contributed by atoms with Gasteiger partial charge < -0.3 is 18.9 Å². The topological polar surface area (TPSA) is 43.7 Å². The highest BCUT2D eigenvalue weighted by molar-refractivity contribution is 5.89. The van der Waals surface area contributed by atoms with Crippen molar-refractivity contribution in [2.45, 2.75) is 26.3 Å². The Balaban J connectivity index is 1.84. The Kier molecular flexibility index (Phi) is 4.46. The van der Waals surface area contributed by atoms with E-state index in [0.717, 1.165) is 54.3 Å². The second kappa shape index (κ2) is 6.52. The number of carbonyl (C=O) groups is 1. The van der Waals surface area contributed by atoms with E-state index in [2.05, 4.69) is 6.92 Å². The molecule has 0 saturated carbocycles. The lowest BCUT2D eigenvalue weighted by Gasteiger charge is -2.30. The molecule has 2 aromatic rings. The van der Waals surface area contributed by atoms with E-state index in [1.807, 2.05) is 33.9 Å². The van der Waals surface area contributed by atoms with Crippen molar-refractivity contribution in [3.63, 3.8) is 0 Å². The van der Waals surface area contributed by atoms with E-state index in [9.17, 15) is 4.79 Å². The molecule has 1 aromatic carbocycles. The van der Waals surface area contributed by atoms with Crippen LogP contribution in [0.25, 0.3) is 10.9 Å². The van der Waals surface area contributed by atoms with Gasteiger partial charge in [-0.05, 0) is 24.8 Å². The Bertz CT molecular complexity index is 700. The first-order valence-corrected chi connectivity index (χ1v) is 8.11. The highest BCUT2D eigenvalue weighted by atomic mass is 16.5. The molecule has 5 nitrogen and oxygen atoms in total. The molecule has 0 unspecified atom stereocenters. The number of piperidine rings is 1. The maximum absolute atomic E-state index is 12.6. The van der Waals surface area contributed by atoms with Gasteiger partial charge in [0.2, 0.25) is 5.91 Å². The van der Waals surface area contributed by atoms with Crippen molar-refractivity contribution in [2.24, 2.45) is 5.92 Å². The zero-order valence-electron chi connectivity index (χ0n) is 14.0. The number of likely N-dealkylation sites (tertiary alicyclic amines) is 1. The zero-order valence-corrected chi connectivity index (χ0v) is 14.0. The number of amides is 1. The molecule has 1 saturated heterocycles. The third kappa shape index (κ3) is 3.14. The molecule has 124 valence electrons. The van der Waals surface area contributed by atoms with Crippen LogP contribution >= 0.6 is 0 Å². The minimum atomic E-state index is 0.177. The standard InChI is InChI=1S/C18H24N2O3/c1-13-4-7-19(8-5-13)18(21)12-20-9-6-15-16(20)10-14(22-2)11-17(15)23-3/h6,9-11,13H,4-5,7-8,12H2,1-3H3. The fourth-order valence-electron chi connectivity index (χ4n) is 3.17. The quantitative estimate of drug-likeness (QED) is 0.871. The zero-order chi connectivity index (χ0) is 16.4. The van der Waals surface area contributed by atoms with Crippen LogP contribution in [0.2, 0.25) is 0 Å². The van der Waals surface area contributed by atoms with E-state index in [1.54, 1.807) is 14.2 Å². The van der Waals surface area contributed by atoms with Crippen molar-refractivity contribution in [2.75, 3.05) is 27.3 Å². The van der Waals surface area contributed by atoms with Gasteiger partial charge in [0, 0.05) is 36.8 Å². The molecule has 23 heavy (non-hydrogen) atoms. The van der Waals surface area contributed by atoms with Crippen molar-refractivity contribution in [1.82, 2.24) is 9.47 Å². The predicted molar refractivity (Wildman–Crippen MR) is 90.0 cm³/mol. The molecule has 1 fully saturated rings. The Hall–Kier alpha value is -2.17. The summed E-state index contributed by atoms with van der Waals surface area (Å²) in [5.41, 5.74) is 0.958. The smallest absolute Gasteiger partial charge is 0.242 e. The summed E-state index contributed by atoms with van der Waals surface area (Å²) in [5, 5.41) is 0.994. The van der Waals surface area contributed by atoms with Crippen LogP contribution in [-0.4, -0.2) is 42.7 Å². The number of nitrogens with zero attached hydrogens (tertiary/aromatic N) is 2. The van der Waals surface area contributed by atoms with Crippen molar-refractivity contribution in [1.29, 1.82) is 0 Å². The molecular weight excluding hydrogens is 292 g/mol. The van der Waals surface area contributed by atoms with E-state index < -0.39 is 0 Å². The number of methoxy groups -OCH3 is 2. The molecule has 1 aliphatic rings. The molecule has 0 radical (unpaired) electrons. The van der Waals surface area contributed by atoms with E-state index in [-0.39, 0.29) is 5.91 Å². The molecule has 1 amide bonds. The highest BCUT2D eigenvalue weighted by Gasteiger charge is 2.21. The maximum atomic E-state index is 12.6. The van der Waals surface area contributed by atoms with Crippen LogP contribution in [0.1, 0.15) is 19.8 Å². The van der Waals surface area contributed by atoms with Gasteiger partial charge in [0.15, 0.2) is 0 Å². The average molecular weight is 316 g/mol. The first kappa shape index (κ1) is 15.7. The Labute approximate surface area is 136 Å². The number of hydrogen-bond donors (Lipinski definition) is 0. The van der Waals surface area contributed by atoms with Gasteiger partial charge in [0.1, 0.15) is 18.0 Å². The fourth-order valence-corrected chi connectivity index (χ4v) is 3.17. The summed E-state index contributed by atoms with van der Waals surface area (Å²) in [6.07, 6.45) is 4.14. The predicted octanol–water partition coefficient (Wildman–Crippen LogP) is 2.92. The summed E-state index contributed by atoms with van der Waals surface area (Å²) in [4.78, 5) is 14.5. The normalized spacial score (nSPS) is 15.9. The Morgan fingerprint density at radius 1 is 1.22 bits per heavy atom. The lowest BCUT2D eigenvalue weighted by atomic mass is 9.99. The Morgan fingerprint density at radius 3 is 2.61 bits per heavy atom. The number of carbonyl (C=O) groups excluding carboxylic acids is 1. The van der Waals surface area contributed by atoms with Gasteiger partial charge in [-0.1, -0.05) is 6.92 Å². The number of ether oxygens (including phenoxy) is 2. The van der Waals surface area contributed by atoms with Gasteiger partial charge in [-0.15, -0.1) is 0 Å². The third-order valence-electron chi connectivity index (χ3n) is 4.72. The Morgan fingerprint density at radius 2 is 1.96 bits per heavy atom. The van der Waals surface area contributed by atoms with Crippen molar-refractivity contribution >= 4 is 16.8 Å². The lowest BCUT2D eigenvalue weighted by molar-refractivity contribution is -0.133. The first-order valence-electron chi connectivity index (χ1n) is 8.11. The molecular formula is C18H24N2O3. The number of benzene rings is 1. The van der Waals surface area contributed by atoms with Crippen molar-refractivity contribution in [3.05, 3.63) is 24.4 Å². The number of hydrogen-bond acceptors (Lipinski definition) is 3. The van der Waals surface area contributed by atoms with E-state index >= 15 is 0 Å². The number of aromatic nitrogens is 1. The summed E-state index contributed by atoms with van der Waals surface area (Å²) in [7, 11) is 3.28. The lowest BCUT2D eigenvalue weighted by Crippen LogP contribution is -2.39. The molecule has 3 rings (SSSR count). The number of rotatable bonds is 4. The summed E-state index contributed by atoms with van der Waals surface area (Å²) >= 11 is 0. The van der Waals surface area contributed by atoms with Gasteiger partial charge in [0.25, 0.3) is 0 Å². The van der Waals surface area contributed by atoms with E-state index in [4.69, 9.17) is 9.47 Å². The van der Waals surface area contributed by atoms with Gasteiger partial charge in [-0.3, -0.25) is 4.79 Å². The fraction of sp³-hybridized carbons (Fsp3) is 0.500. The maximum Gasteiger partial charge on any atom is 0.242 e. The average Bonchev–Trinajstić information content (AvgIpc) is 2.97. The molecule has 2 heterocycles. The van der Waals surface area contributed by atoms with Crippen LogP contribution in [0.3, 0.4) is 0 Å². The second-order valence-corrected chi connectivity index (χ2v) is 6.27. The van der Waals surface area contributed by atoms with Crippen LogP contribution in [0.5, 0.6) is 11.5 Å². The second-order valence-electron chi connectivity index (χ2n) is 6.27. The molecule has 0 spiro atoms. The molecule has 0 bridgehead atoms. The van der Waals surface area contributed by atoms with Crippen LogP contribution in [0, 0.1) is 5.92 Å². The van der Waals surface area contributed by atoms with Crippen molar-refractivity contribution < 1.29 is 14.3 Å². The van der Waals surface area contributed by atoms with Crippen LogP contribution in [0.15, 0.2) is 24.4 Å². The van der Waals surface area contributed by atoms with E-state index in [0.29, 0.717) is 6.54 Å². The molecule has 0 aliphatic carbocycles. The van der Waals surface area contributed by atoms with Gasteiger partial charge in [0.05, 0.1) is 19.7 Å². The molecule has 0 atom stereocenters. The monoisotopic (exact) mass is 316 g/mol. The van der Waals surface area contributed by atoms with Gasteiger partial charge in [-0.2, -0.15) is 0 Å². The molecule has 1 aliphatic heterocycles. The van der Waals surface area contributed by atoms with E-state index in [1.165, 1.54) is 0 Å². The number of fused-ring (bicyclic) bond motifs is 1. The third-order valence-corrected chi connectivity index (χ3v) is 4.72. The van der Waals surface area contributed by atoms with Crippen LogP contribution < -0.4 is 9.47 Å². The summed E-state index contributed by atoms with van der Waals surface area (Å²) in [6, 6.07) is 5.79. The van der Waals surface area contributed by atoms with Gasteiger partial charge >= 0.3 is 0 Å². The van der Waals surface area contributed by atoms with Crippen LogP contribution in [0.4, 0.5) is 0 Å².